The molecule has 0 aliphatic rings. The van der Waals surface area contributed by atoms with Crippen LogP contribution in [0.3, 0.4) is 0 Å². The van der Waals surface area contributed by atoms with Gasteiger partial charge in [-0.2, -0.15) is 0 Å². The molecule has 28 heavy (non-hydrogen) atoms. The minimum absolute atomic E-state index is 0.00172. The third-order valence-corrected chi connectivity index (χ3v) is 3.76. The first-order valence-corrected chi connectivity index (χ1v) is 9.16. The summed E-state index contributed by atoms with van der Waals surface area (Å²) in [6.07, 6.45) is 3.42. The first-order chi connectivity index (χ1) is 13.3. The van der Waals surface area contributed by atoms with E-state index in [0.29, 0.717) is 26.1 Å². The van der Waals surface area contributed by atoms with Crippen molar-refractivity contribution in [3.8, 4) is 0 Å². The van der Waals surface area contributed by atoms with Gasteiger partial charge in [0.05, 0.1) is 12.1 Å². The molecule has 0 atom stereocenters. The van der Waals surface area contributed by atoms with E-state index < -0.39 is 23.4 Å². The van der Waals surface area contributed by atoms with Crippen LogP contribution in [0.4, 0.5) is 9.18 Å². The third-order valence-electron chi connectivity index (χ3n) is 3.76. The maximum Gasteiger partial charge on any atom is 0.410 e. The number of carbonyl (C=O) groups is 2. The lowest BCUT2D eigenvalue weighted by Gasteiger charge is -2.27. The number of halogens is 1. The lowest BCUT2D eigenvalue weighted by molar-refractivity contribution is 0.0232. The Morgan fingerprint density at radius 3 is 2.57 bits per heavy atom. The molecule has 0 bridgehead atoms. The van der Waals surface area contributed by atoms with Crippen LogP contribution in [0.25, 0.3) is 0 Å². The van der Waals surface area contributed by atoms with Crippen LogP contribution in [0.5, 0.6) is 0 Å². The summed E-state index contributed by atoms with van der Waals surface area (Å²) in [6.45, 7) is 6.45. The molecule has 0 saturated carbocycles. The van der Waals surface area contributed by atoms with Gasteiger partial charge in [0.1, 0.15) is 11.4 Å². The first-order valence-electron chi connectivity index (χ1n) is 9.16. The van der Waals surface area contributed by atoms with E-state index in [4.69, 9.17) is 4.74 Å². The van der Waals surface area contributed by atoms with E-state index in [1.54, 1.807) is 29.4 Å². The van der Waals surface area contributed by atoms with Crippen molar-refractivity contribution >= 4 is 12.0 Å². The average molecular weight is 387 g/mol. The molecule has 0 fully saturated rings. The zero-order chi connectivity index (χ0) is 20.6. The molecule has 2 amide bonds. The molecule has 0 aliphatic carbocycles. The van der Waals surface area contributed by atoms with Crippen LogP contribution in [0.2, 0.25) is 0 Å². The summed E-state index contributed by atoms with van der Waals surface area (Å²) in [6, 6.07) is 9.49. The molecular formula is C21H26FN3O3. The number of aromatic nitrogens is 1. The predicted molar refractivity (Wildman–Crippen MR) is 104 cm³/mol. The van der Waals surface area contributed by atoms with Gasteiger partial charge in [0.25, 0.3) is 5.91 Å². The highest BCUT2D eigenvalue weighted by molar-refractivity contribution is 5.94. The van der Waals surface area contributed by atoms with Gasteiger partial charge in [-0.25, -0.2) is 9.18 Å². The van der Waals surface area contributed by atoms with Crippen molar-refractivity contribution in [1.82, 2.24) is 15.2 Å². The number of nitrogens with one attached hydrogen (secondary N) is 1. The molecule has 2 rings (SSSR count). The number of benzene rings is 1. The van der Waals surface area contributed by atoms with Gasteiger partial charge in [-0.3, -0.25) is 9.78 Å². The van der Waals surface area contributed by atoms with Crippen molar-refractivity contribution in [2.45, 2.75) is 39.3 Å². The Morgan fingerprint density at radius 1 is 1.18 bits per heavy atom. The predicted octanol–water partition coefficient (Wildman–Crippen LogP) is 3.78. The topological polar surface area (TPSA) is 71.5 Å². The molecule has 1 N–H and O–H groups in total. The number of nitrogens with zero attached hydrogens (tertiary/aromatic N) is 2. The second-order valence-electron chi connectivity index (χ2n) is 7.35. The molecule has 1 aromatic heterocycles. The summed E-state index contributed by atoms with van der Waals surface area (Å²) in [5.74, 6) is -1.04. The lowest BCUT2D eigenvalue weighted by Crippen LogP contribution is -2.38. The van der Waals surface area contributed by atoms with Crippen molar-refractivity contribution < 1.29 is 18.7 Å². The average Bonchev–Trinajstić information content (AvgIpc) is 2.63. The van der Waals surface area contributed by atoms with Crippen molar-refractivity contribution in [1.29, 1.82) is 0 Å². The van der Waals surface area contributed by atoms with Crippen LogP contribution in [-0.4, -0.2) is 40.6 Å². The van der Waals surface area contributed by atoms with E-state index in [1.807, 2.05) is 26.8 Å². The van der Waals surface area contributed by atoms with E-state index >= 15 is 0 Å². The number of carbonyl (C=O) groups excluding carboxylic acids is 2. The molecule has 0 radical (unpaired) electrons. The molecule has 0 spiro atoms. The maximum atomic E-state index is 13.6. The number of amides is 2. The summed E-state index contributed by atoms with van der Waals surface area (Å²) in [5.41, 5.74) is 0.272. The maximum absolute atomic E-state index is 13.6. The van der Waals surface area contributed by atoms with E-state index in [9.17, 15) is 14.0 Å². The number of pyridine rings is 1. The van der Waals surface area contributed by atoms with Crippen LogP contribution in [0.1, 0.15) is 43.1 Å². The molecule has 0 aliphatic heterocycles. The molecule has 150 valence electrons. The second kappa shape index (κ2) is 9.82. The SMILES string of the molecule is CC(C)(C)OC(=O)N(CCCNC(=O)c1ccccc1F)Cc1cccnc1. The molecular weight excluding hydrogens is 361 g/mol. The zero-order valence-corrected chi connectivity index (χ0v) is 16.4. The molecule has 1 aromatic carbocycles. The number of rotatable bonds is 7. The monoisotopic (exact) mass is 387 g/mol. The number of hydrogen-bond acceptors (Lipinski definition) is 4. The van der Waals surface area contributed by atoms with Gasteiger partial charge >= 0.3 is 6.09 Å². The smallest absolute Gasteiger partial charge is 0.410 e. The summed E-state index contributed by atoms with van der Waals surface area (Å²) >= 11 is 0. The highest BCUT2D eigenvalue weighted by Gasteiger charge is 2.22. The van der Waals surface area contributed by atoms with Crippen LogP contribution < -0.4 is 5.32 Å². The van der Waals surface area contributed by atoms with E-state index in [1.165, 1.54) is 18.2 Å². The molecule has 2 aromatic rings. The van der Waals surface area contributed by atoms with Crippen LogP contribution in [-0.2, 0) is 11.3 Å². The Bertz CT molecular complexity index is 791. The Morgan fingerprint density at radius 2 is 1.93 bits per heavy atom. The van der Waals surface area contributed by atoms with Crippen LogP contribution in [0, 0.1) is 5.82 Å². The lowest BCUT2D eigenvalue weighted by atomic mass is 10.2. The molecule has 7 heteroatoms. The van der Waals surface area contributed by atoms with Crippen LogP contribution in [0.15, 0.2) is 48.8 Å². The summed E-state index contributed by atoms with van der Waals surface area (Å²) in [7, 11) is 0. The summed E-state index contributed by atoms with van der Waals surface area (Å²) < 4.78 is 19.1. The minimum atomic E-state index is -0.608. The van der Waals surface area contributed by atoms with Gasteiger partial charge in [-0.15, -0.1) is 0 Å². The van der Waals surface area contributed by atoms with Crippen molar-refractivity contribution in [2.24, 2.45) is 0 Å². The van der Waals surface area contributed by atoms with Crippen molar-refractivity contribution in [3.05, 3.63) is 65.7 Å². The highest BCUT2D eigenvalue weighted by Crippen LogP contribution is 2.13. The molecule has 1 heterocycles. The first kappa shape index (κ1) is 21.3. The molecule has 6 nitrogen and oxygen atoms in total. The van der Waals surface area contributed by atoms with Crippen molar-refractivity contribution in [2.75, 3.05) is 13.1 Å². The molecule has 0 saturated heterocycles. The fraction of sp³-hybridized carbons (Fsp3) is 0.381. The Hall–Kier alpha value is -2.96. The van der Waals surface area contributed by atoms with Gasteiger partial charge in [-0.05, 0) is 51.0 Å². The van der Waals surface area contributed by atoms with Gasteiger partial charge in [0.15, 0.2) is 0 Å². The fourth-order valence-electron chi connectivity index (χ4n) is 2.49. The Kier molecular flexibility index (Phi) is 7.49. The minimum Gasteiger partial charge on any atom is -0.444 e. The van der Waals surface area contributed by atoms with Gasteiger partial charge in [0, 0.05) is 25.5 Å². The number of hydrogen-bond donors (Lipinski definition) is 1. The highest BCUT2D eigenvalue weighted by atomic mass is 19.1. The van der Waals surface area contributed by atoms with Gasteiger partial charge in [-0.1, -0.05) is 18.2 Å². The van der Waals surface area contributed by atoms with E-state index in [2.05, 4.69) is 10.3 Å². The summed E-state index contributed by atoms with van der Waals surface area (Å²) in [5, 5.41) is 2.68. The fourth-order valence-corrected chi connectivity index (χ4v) is 2.49. The normalized spacial score (nSPS) is 11.0. The van der Waals surface area contributed by atoms with Crippen LogP contribution >= 0.6 is 0 Å². The Labute approximate surface area is 164 Å². The summed E-state index contributed by atoms with van der Waals surface area (Å²) in [4.78, 5) is 30.2. The second-order valence-corrected chi connectivity index (χ2v) is 7.35. The number of ether oxygens (including phenoxy) is 1. The van der Waals surface area contributed by atoms with E-state index in [-0.39, 0.29) is 5.56 Å². The van der Waals surface area contributed by atoms with Gasteiger partial charge < -0.3 is 15.0 Å². The quantitative estimate of drug-likeness (QED) is 0.734. The third kappa shape index (κ3) is 6.98. The van der Waals surface area contributed by atoms with Crippen molar-refractivity contribution in [3.63, 3.8) is 0 Å². The van der Waals surface area contributed by atoms with Gasteiger partial charge in [0.2, 0.25) is 0 Å². The van der Waals surface area contributed by atoms with E-state index in [0.717, 1.165) is 5.56 Å². The Balaban J connectivity index is 1.91. The largest absolute Gasteiger partial charge is 0.444 e. The standard InChI is InChI=1S/C21H26FN3O3/c1-21(2,3)28-20(27)25(15-16-8-6-11-23-14-16)13-7-12-24-19(26)17-9-4-5-10-18(17)22/h4-6,8-11,14H,7,12-13,15H2,1-3H3,(H,24,26). The molecule has 0 unspecified atom stereocenters. The zero-order valence-electron chi connectivity index (χ0n) is 16.4.